The Balaban J connectivity index is 3.15. The lowest BCUT2D eigenvalue weighted by molar-refractivity contribution is -0.121. The summed E-state index contributed by atoms with van der Waals surface area (Å²) < 4.78 is 0.822. The van der Waals surface area contributed by atoms with E-state index in [4.69, 9.17) is 0 Å². The molecule has 0 aliphatic rings. The van der Waals surface area contributed by atoms with E-state index in [0.29, 0.717) is 13.0 Å². The van der Waals surface area contributed by atoms with E-state index < -0.39 is 0 Å². The molecule has 0 unspecified atom stereocenters. The molecule has 0 rings (SSSR count). The van der Waals surface area contributed by atoms with Crippen LogP contribution in [-0.2, 0) is 4.79 Å². The SMILES string of the molecule is C=C(Br)CNC(=O)CCCCCCCCCCC. The van der Waals surface area contributed by atoms with Gasteiger partial charge in [0.15, 0.2) is 0 Å². The van der Waals surface area contributed by atoms with Crippen molar-refractivity contribution in [2.45, 2.75) is 71.1 Å². The third-order valence-electron chi connectivity index (χ3n) is 2.98. The third kappa shape index (κ3) is 13.8. The van der Waals surface area contributed by atoms with Crippen molar-refractivity contribution >= 4 is 21.8 Å². The minimum atomic E-state index is 0.138. The maximum atomic E-state index is 11.4. The molecule has 0 aromatic heterocycles. The molecule has 0 saturated carbocycles. The van der Waals surface area contributed by atoms with Crippen LogP contribution in [0.15, 0.2) is 11.1 Å². The highest BCUT2D eigenvalue weighted by atomic mass is 79.9. The minimum Gasteiger partial charge on any atom is -0.352 e. The Kier molecular flexibility index (Phi) is 12.9. The zero-order valence-corrected chi connectivity index (χ0v) is 13.4. The molecule has 3 heteroatoms. The summed E-state index contributed by atoms with van der Waals surface area (Å²) in [5.41, 5.74) is 0. The molecule has 1 amide bonds. The maximum absolute atomic E-state index is 11.4. The molecular formula is C15H28BrNO. The van der Waals surface area contributed by atoms with Crippen LogP contribution >= 0.6 is 15.9 Å². The van der Waals surface area contributed by atoms with Crippen LogP contribution < -0.4 is 5.32 Å². The van der Waals surface area contributed by atoms with E-state index in [1.165, 1.54) is 51.4 Å². The number of halogens is 1. The standard InChI is InChI=1S/C15H28BrNO/c1-3-4-5-6-7-8-9-10-11-12-15(18)17-13-14(2)16/h2-13H2,1H3,(H,17,18). The second kappa shape index (κ2) is 13.1. The molecule has 0 aromatic rings. The van der Waals surface area contributed by atoms with Gasteiger partial charge in [-0.3, -0.25) is 4.79 Å². The van der Waals surface area contributed by atoms with E-state index >= 15 is 0 Å². The minimum absolute atomic E-state index is 0.138. The molecular weight excluding hydrogens is 290 g/mol. The lowest BCUT2D eigenvalue weighted by atomic mass is 10.1. The fraction of sp³-hybridized carbons (Fsp3) is 0.800. The predicted molar refractivity (Wildman–Crippen MR) is 82.9 cm³/mol. The second-order valence-corrected chi connectivity index (χ2v) is 5.99. The molecule has 0 atom stereocenters. The number of hydrogen-bond acceptors (Lipinski definition) is 1. The molecule has 0 aliphatic heterocycles. The highest BCUT2D eigenvalue weighted by molar-refractivity contribution is 9.11. The number of carbonyl (C=O) groups is 1. The van der Waals surface area contributed by atoms with Crippen molar-refractivity contribution in [2.75, 3.05) is 6.54 Å². The van der Waals surface area contributed by atoms with Gasteiger partial charge in [-0.2, -0.15) is 0 Å². The number of carbonyl (C=O) groups excluding carboxylic acids is 1. The fourth-order valence-corrected chi connectivity index (χ4v) is 2.02. The average Bonchev–Trinajstić information content (AvgIpc) is 2.34. The van der Waals surface area contributed by atoms with Crippen LogP contribution in [0.1, 0.15) is 71.1 Å². The first-order chi connectivity index (χ1) is 8.66. The first-order valence-electron chi connectivity index (χ1n) is 7.26. The van der Waals surface area contributed by atoms with E-state index in [1.807, 2.05) is 0 Å². The molecule has 106 valence electrons. The highest BCUT2D eigenvalue weighted by Crippen LogP contribution is 2.10. The largest absolute Gasteiger partial charge is 0.352 e. The van der Waals surface area contributed by atoms with Crippen LogP contribution in [0.5, 0.6) is 0 Å². The summed E-state index contributed by atoms with van der Waals surface area (Å²) in [6.07, 6.45) is 12.2. The summed E-state index contributed by atoms with van der Waals surface area (Å²) >= 11 is 3.22. The Morgan fingerprint density at radius 2 is 1.50 bits per heavy atom. The summed E-state index contributed by atoms with van der Waals surface area (Å²) in [7, 11) is 0. The van der Waals surface area contributed by atoms with Gasteiger partial charge >= 0.3 is 0 Å². The molecule has 0 spiro atoms. The lowest BCUT2D eigenvalue weighted by Gasteiger charge is -2.04. The number of amides is 1. The fourth-order valence-electron chi connectivity index (χ4n) is 1.88. The van der Waals surface area contributed by atoms with Gasteiger partial charge in [-0.05, 0) is 6.42 Å². The Morgan fingerprint density at radius 3 is 2.00 bits per heavy atom. The topological polar surface area (TPSA) is 29.1 Å². The van der Waals surface area contributed by atoms with E-state index in [0.717, 1.165) is 10.9 Å². The molecule has 0 heterocycles. The summed E-state index contributed by atoms with van der Waals surface area (Å²) in [6, 6.07) is 0. The summed E-state index contributed by atoms with van der Waals surface area (Å²) in [4.78, 5) is 11.4. The summed E-state index contributed by atoms with van der Waals surface area (Å²) in [5, 5.41) is 2.82. The van der Waals surface area contributed by atoms with Crippen LogP contribution in [0.3, 0.4) is 0 Å². The Bertz CT molecular complexity index is 229. The molecule has 2 nitrogen and oxygen atoms in total. The van der Waals surface area contributed by atoms with E-state index in [9.17, 15) is 4.79 Å². The van der Waals surface area contributed by atoms with Crippen LogP contribution in [0.25, 0.3) is 0 Å². The smallest absolute Gasteiger partial charge is 0.220 e. The summed E-state index contributed by atoms with van der Waals surface area (Å²) in [6.45, 7) is 6.46. The molecule has 0 aliphatic carbocycles. The monoisotopic (exact) mass is 317 g/mol. The van der Waals surface area contributed by atoms with Gasteiger partial charge in [0, 0.05) is 17.4 Å². The molecule has 18 heavy (non-hydrogen) atoms. The zero-order valence-electron chi connectivity index (χ0n) is 11.8. The quantitative estimate of drug-likeness (QED) is 0.508. The van der Waals surface area contributed by atoms with Crippen molar-refractivity contribution in [3.8, 4) is 0 Å². The normalized spacial score (nSPS) is 10.3. The molecule has 0 bridgehead atoms. The second-order valence-electron chi connectivity index (χ2n) is 4.87. The van der Waals surface area contributed by atoms with Gasteiger partial charge < -0.3 is 5.32 Å². The van der Waals surface area contributed by atoms with Crippen molar-refractivity contribution in [3.05, 3.63) is 11.1 Å². The van der Waals surface area contributed by atoms with Gasteiger partial charge in [0.2, 0.25) is 5.91 Å². The van der Waals surface area contributed by atoms with Crippen molar-refractivity contribution in [1.82, 2.24) is 5.32 Å². The van der Waals surface area contributed by atoms with Crippen molar-refractivity contribution in [3.63, 3.8) is 0 Å². The summed E-state index contributed by atoms with van der Waals surface area (Å²) in [5.74, 6) is 0.138. The van der Waals surface area contributed by atoms with Crippen LogP contribution in [0, 0.1) is 0 Å². The Hall–Kier alpha value is -0.310. The van der Waals surface area contributed by atoms with Gasteiger partial charge in [0.1, 0.15) is 0 Å². The number of nitrogens with one attached hydrogen (secondary N) is 1. The first kappa shape index (κ1) is 17.7. The van der Waals surface area contributed by atoms with Crippen LogP contribution in [0.2, 0.25) is 0 Å². The average molecular weight is 318 g/mol. The molecule has 0 saturated heterocycles. The zero-order chi connectivity index (χ0) is 13.6. The Morgan fingerprint density at radius 1 is 1.00 bits per heavy atom. The predicted octanol–water partition coefficient (Wildman–Crippen LogP) is 4.93. The van der Waals surface area contributed by atoms with Gasteiger partial charge in [-0.25, -0.2) is 0 Å². The van der Waals surface area contributed by atoms with Gasteiger partial charge in [0.05, 0.1) is 0 Å². The van der Waals surface area contributed by atoms with Crippen molar-refractivity contribution in [1.29, 1.82) is 0 Å². The number of rotatable bonds is 12. The Labute approximate surface area is 121 Å². The maximum Gasteiger partial charge on any atom is 0.220 e. The first-order valence-corrected chi connectivity index (χ1v) is 8.06. The van der Waals surface area contributed by atoms with E-state index in [-0.39, 0.29) is 5.91 Å². The van der Waals surface area contributed by atoms with E-state index in [1.54, 1.807) is 0 Å². The third-order valence-corrected chi connectivity index (χ3v) is 3.27. The highest BCUT2D eigenvalue weighted by Gasteiger charge is 2.00. The van der Waals surface area contributed by atoms with Gasteiger partial charge in [-0.1, -0.05) is 80.8 Å². The number of unbranched alkanes of at least 4 members (excludes halogenated alkanes) is 8. The van der Waals surface area contributed by atoms with Crippen LogP contribution in [0.4, 0.5) is 0 Å². The molecule has 0 fully saturated rings. The van der Waals surface area contributed by atoms with Gasteiger partial charge in [0.25, 0.3) is 0 Å². The van der Waals surface area contributed by atoms with Crippen molar-refractivity contribution < 1.29 is 4.79 Å². The van der Waals surface area contributed by atoms with Gasteiger partial charge in [-0.15, -0.1) is 0 Å². The van der Waals surface area contributed by atoms with E-state index in [2.05, 4.69) is 34.7 Å². The molecule has 0 aromatic carbocycles. The molecule has 1 N–H and O–H groups in total. The number of hydrogen-bond donors (Lipinski definition) is 1. The molecule has 0 radical (unpaired) electrons. The van der Waals surface area contributed by atoms with Crippen LogP contribution in [-0.4, -0.2) is 12.5 Å². The van der Waals surface area contributed by atoms with Crippen molar-refractivity contribution in [2.24, 2.45) is 0 Å². The lowest BCUT2D eigenvalue weighted by Crippen LogP contribution is -2.23.